The molecule has 2 aliphatic heterocycles. The standard InChI is InChI=1S/C18H19F3N2O3/c19-18(20,21)17(26)23-11-5-9-14(23)16(25)22-10-4-8-13(22)15(24)12-6-2-1-3-7-12/h1-3,6-7,13-14H,4-5,8-11H2. The van der Waals surface area contributed by atoms with Crippen molar-refractivity contribution in [3.8, 4) is 0 Å². The second kappa shape index (κ2) is 7.09. The molecule has 26 heavy (non-hydrogen) atoms. The number of ketones is 1. The smallest absolute Gasteiger partial charge is 0.330 e. The van der Waals surface area contributed by atoms with Crippen molar-refractivity contribution in [1.82, 2.24) is 9.80 Å². The van der Waals surface area contributed by atoms with E-state index in [9.17, 15) is 27.6 Å². The first kappa shape index (κ1) is 18.4. The van der Waals surface area contributed by atoms with Gasteiger partial charge in [-0.15, -0.1) is 0 Å². The van der Waals surface area contributed by atoms with Crippen LogP contribution in [0, 0.1) is 0 Å². The van der Waals surface area contributed by atoms with E-state index in [4.69, 9.17) is 0 Å². The van der Waals surface area contributed by atoms with Crippen molar-refractivity contribution in [2.75, 3.05) is 13.1 Å². The Balaban J connectivity index is 1.78. The third-order valence-corrected chi connectivity index (χ3v) is 4.94. The molecule has 8 heteroatoms. The number of halogens is 3. The van der Waals surface area contributed by atoms with Gasteiger partial charge in [0.15, 0.2) is 5.78 Å². The first-order valence-electron chi connectivity index (χ1n) is 8.58. The van der Waals surface area contributed by atoms with E-state index in [0.29, 0.717) is 36.3 Å². The minimum atomic E-state index is -5.01. The van der Waals surface area contributed by atoms with E-state index < -0.39 is 30.1 Å². The zero-order valence-corrected chi connectivity index (χ0v) is 14.0. The highest BCUT2D eigenvalue weighted by Gasteiger charge is 2.49. The normalized spacial score (nSPS) is 23.3. The topological polar surface area (TPSA) is 57.7 Å². The van der Waals surface area contributed by atoms with Gasteiger partial charge in [-0.25, -0.2) is 0 Å². The van der Waals surface area contributed by atoms with Crippen molar-refractivity contribution in [3.05, 3.63) is 35.9 Å². The van der Waals surface area contributed by atoms with Crippen LogP contribution in [0.5, 0.6) is 0 Å². The van der Waals surface area contributed by atoms with Gasteiger partial charge in [-0.2, -0.15) is 13.2 Å². The number of carbonyl (C=O) groups is 3. The molecule has 0 bridgehead atoms. The van der Waals surface area contributed by atoms with E-state index in [1.54, 1.807) is 30.3 Å². The Morgan fingerprint density at radius 2 is 1.46 bits per heavy atom. The molecule has 0 aliphatic carbocycles. The van der Waals surface area contributed by atoms with Gasteiger partial charge in [-0.1, -0.05) is 30.3 Å². The molecule has 0 N–H and O–H groups in total. The summed E-state index contributed by atoms with van der Waals surface area (Å²) in [6, 6.07) is 6.68. The molecular formula is C18H19F3N2O3. The number of rotatable bonds is 3. The molecule has 2 atom stereocenters. The van der Waals surface area contributed by atoms with Crippen LogP contribution in [0.3, 0.4) is 0 Å². The predicted octanol–water partition coefficient (Wildman–Crippen LogP) is 2.41. The van der Waals surface area contributed by atoms with Crippen LogP contribution in [-0.4, -0.2) is 58.7 Å². The number of hydrogen-bond donors (Lipinski definition) is 0. The van der Waals surface area contributed by atoms with Gasteiger partial charge in [-0.05, 0) is 25.7 Å². The van der Waals surface area contributed by atoms with Gasteiger partial charge in [0.05, 0.1) is 6.04 Å². The fraction of sp³-hybridized carbons (Fsp3) is 0.500. The van der Waals surface area contributed by atoms with Crippen LogP contribution in [0.15, 0.2) is 30.3 Å². The van der Waals surface area contributed by atoms with Crippen LogP contribution in [0.1, 0.15) is 36.0 Å². The van der Waals surface area contributed by atoms with Gasteiger partial charge in [0.2, 0.25) is 5.91 Å². The van der Waals surface area contributed by atoms with Crippen LogP contribution < -0.4 is 0 Å². The van der Waals surface area contributed by atoms with E-state index in [0.717, 1.165) is 0 Å². The number of alkyl halides is 3. The summed E-state index contributed by atoms with van der Waals surface area (Å²) in [5.41, 5.74) is 0.465. The monoisotopic (exact) mass is 368 g/mol. The summed E-state index contributed by atoms with van der Waals surface area (Å²) in [4.78, 5) is 39.1. The molecular weight excluding hydrogens is 349 g/mol. The van der Waals surface area contributed by atoms with Gasteiger partial charge in [0.25, 0.3) is 0 Å². The fourth-order valence-corrected chi connectivity index (χ4v) is 3.72. The largest absolute Gasteiger partial charge is 0.471 e. The third kappa shape index (κ3) is 3.45. The molecule has 140 valence electrons. The van der Waals surface area contributed by atoms with Crippen molar-refractivity contribution >= 4 is 17.6 Å². The number of hydrogen-bond acceptors (Lipinski definition) is 3. The first-order valence-corrected chi connectivity index (χ1v) is 8.58. The first-order chi connectivity index (χ1) is 12.3. The van der Waals surface area contributed by atoms with Crippen molar-refractivity contribution in [3.63, 3.8) is 0 Å². The third-order valence-electron chi connectivity index (χ3n) is 4.94. The Bertz CT molecular complexity index is 705. The molecule has 2 unspecified atom stereocenters. The summed E-state index contributed by atoms with van der Waals surface area (Å²) in [6.45, 7) is 0.215. The fourth-order valence-electron chi connectivity index (χ4n) is 3.72. The van der Waals surface area contributed by atoms with Crippen LogP contribution in [0.25, 0.3) is 0 Å². The van der Waals surface area contributed by atoms with Crippen LogP contribution >= 0.6 is 0 Å². The lowest BCUT2D eigenvalue weighted by Gasteiger charge is -2.31. The summed E-state index contributed by atoms with van der Waals surface area (Å²) in [6.07, 6.45) is -3.41. The van der Waals surface area contributed by atoms with Crippen molar-refractivity contribution in [2.24, 2.45) is 0 Å². The van der Waals surface area contributed by atoms with E-state index in [-0.39, 0.29) is 18.7 Å². The molecule has 0 radical (unpaired) electrons. The van der Waals surface area contributed by atoms with Gasteiger partial charge in [0.1, 0.15) is 6.04 Å². The highest BCUT2D eigenvalue weighted by atomic mass is 19.4. The lowest BCUT2D eigenvalue weighted by molar-refractivity contribution is -0.187. The summed E-state index contributed by atoms with van der Waals surface area (Å²) < 4.78 is 38.3. The minimum Gasteiger partial charge on any atom is -0.330 e. The van der Waals surface area contributed by atoms with Crippen LogP contribution in [0.2, 0.25) is 0 Å². The number of amides is 2. The van der Waals surface area contributed by atoms with Gasteiger partial charge < -0.3 is 9.80 Å². The molecule has 2 amide bonds. The molecule has 1 aromatic rings. The van der Waals surface area contributed by atoms with E-state index in [1.165, 1.54) is 4.90 Å². The van der Waals surface area contributed by atoms with E-state index in [2.05, 4.69) is 0 Å². The molecule has 2 aliphatic rings. The SMILES string of the molecule is O=C(c1ccccc1)C1CCCN1C(=O)C1CCCN1C(=O)C(F)(F)F. The Kier molecular flexibility index (Phi) is 5.02. The number of Topliss-reactive ketones (excluding diaryl/α,β-unsaturated/α-hetero) is 1. The number of nitrogens with zero attached hydrogens (tertiary/aromatic N) is 2. The zero-order valence-electron chi connectivity index (χ0n) is 14.0. The predicted molar refractivity (Wildman–Crippen MR) is 86.3 cm³/mol. The molecule has 0 saturated carbocycles. The minimum absolute atomic E-state index is 0.0973. The zero-order chi connectivity index (χ0) is 18.9. The molecule has 1 aromatic carbocycles. The lowest BCUT2D eigenvalue weighted by Crippen LogP contribution is -2.53. The van der Waals surface area contributed by atoms with Crippen molar-refractivity contribution in [1.29, 1.82) is 0 Å². The van der Waals surface area contributed by atoms with Crippen molar-refractivity contribution < 1.29 is 27.6 Å². The molecule has 5 nitrogen and oxygen atoms in total. The summed E-state index contributed by atoms with van der Waals surface area (Å²) in [5.74, 6) is -2.77. The van der Waals surface area contributed by atoms with E-state index >= 15 is 0 Å². The second-order valence-electron chi connectivity index (χ2n) is 6.57. The number of likely N-dealkylation sites (tertiary alicyclic amines) is 2. The van der Waals surface area contributed by atoms with Crippen LogP contribution in [0.4, 0.5) is 13.2 Å². The number of carbonyl (C=O) groups excluding carboxylic acids is 3. The molecule has 0 spiro atoms. The van der Waals surface area contributed by atoms with Gasteiger partial charge in [-0.3, -0.25) is 14.4 Å². The Morgan fingerprint density at radius 3 is 2.08 bits per heavy atom. The maximum Gasteiger partial charge on any atom is 0.471 e. The Labute approximate surface area is 148 Å². The van der Waals surface area contributed by atoms with Crippen LogP contribution in [-0.2, 0) is 9.59 Å². The van der Waals surface area contributed by atoms with Gasteiger partial charge >= 0.3 is 12.1 Å². The summed E-state index contributed by atoms with van der Waals surface area (Å²) in [7, 11) is 0. The Hall–Kier alpha value is -2.38. The average molecular weight is 368 g/mol. The highest BCUT2D eigenvalue weighted by molar-refractivity contribution is 6.03. The quantitative estimate of drug-likeness (QED) is 0.770. The maximum absolute atomic E-state index is 12.8. The van der Waals surface area contributed by atoms with Crippen molar-refractivity contribution in [2.45, 2.75) is 43.9 Å². The van der Waals surface area contributed by atoms with Gasteiger partial charge in [0, 0.05) is 18.7 Å². The molecule has 2 saturated heterocycles. The lowest BCUT2D eigenvalue weighted by atomic mass is 10.0. The molecule has 2 heterocycles. The molecule has 0 aromatic heterocycles. The Morgan fingerprint density at radius 1 is 0.885 bits per heavy atom. The molecule has 3 rings (SSSR count). The average Bonchev–Trinajstić information content (AvgIpc) is 3.29. The number of benzene rings is 1. The maximum atomic E-state index is 12.8. The molecule has 2 fully saturated rings. The second-order valence-corrected chi connectivity index (χ2v) is 6.57. The summed E-state index contributed by atoms with van der Waals surface area (Å²) >= 11 is 0. The highest BCUT2D eigenvalue weighted by Crippen LogP contribution is 2.29. The van der Waals surface area contributed by atoms with E-state index in [1.807, 2.05) is 0 Å². The summed E-state index contributed by atoms with van der Waals surface area (Å²) in [5, 5.41) is 0.